The minimum absolute atomic E-state index is 0.0183. The summed E-state index contributed by atoms with van der Waals surface area (Å²) >= 11 is 0. The summed E-state index contributed by atoms with van der Waals surface area (Å²) in [6, 6.07) is 7.92. The molecule has 0 aromatic heterocycles. The molecule has 0 aliphatic carbocycles. The first kappa shape index (κ1) is 10.3. The van der Waals surface area contributed by atoms with Crippen LogP contribution >= 0.6 is 0 Å². The van der Waals surface area contributed by atoms with E-state index in [0.29, 0.717) is 6.42 Å². The number of carbonyl (C=O) groups excluding carboxylic acids is 2. The van der Waals surface area contributed by atoms with Gasteiger partial charge < -0.3 is 9.80 Å². The van der Waals surface area contributed by atoms with Gasteiger partial charge in [0, 0.05) is 19.2 Å². The Hall–Kier alpha value is -1.84. The van der Waals surface area contributed by atoms with Crippen LogP contribution < -0.4 is 4.90 Å². The molecule has 2 heterocycles. The minimum atomic E-state index is -0.0183. The normalized spacial score (nSPS) is 23.5. The van der Waals surface area contributed by atoms with Gasteiger partial charge in [0.05, 0.1) is 6.04 Å². The smallest absolute Gasteiger partial charge is 0.246 e. The summed E-state index contributed by atoms with van der Waals surface area (Å²) in [5, 5.41) is 0. The van der Waals surface area contributed by atoms with Crippen LogP contribution in [0.1, 0.15) is 24.4 Å². The van der Waals surface area contributed by atoms with Crippen LogP contribution in [0.25, 0.3) is 0 Å². The van der Waals surface area contributed by atoms with Gasteiger partial charge in [0.15, 0.2) is 0 Å². The van der Waals surface area contributed by atoms with Crippen molar-refractivity contribution in [1.29, 1.82) is 0 Å². The van der Waals surface area contributed by atoms with Crippen LogP contribution in [0, 0.1) is 0 Å². The minimum Gasteiger partial charge on any atom is -0.326 e. The Morgan fingerprint density at radius 2 is 1.94 bits per heavy atom. The summed E-state index contributed by atoms with van der Waals surface area (Å²) in [5.74, 6) is 0.0728. The molecule has 0 N–H and O–H groups in total. The fourth-order valence-corrected chi connectivity index (χ4v) is 2.72. The highest BCUT2D eigenvalue weighted by Gasteiger charge is 2.38. The average Bonchev–Trinajstić information content (AvgIpc) is 2.65. The Morgan fingerprint density at radius 3 is 2.76 bits per heavy atom. The summed E-state index contributed by atoms with van der Waals surface area (Å²) in [6.45, 7) is 0.203. The topological polar surface area (TPSA) is 40.6 Å². The Balaban J connectivity index is 2.15. The molecule has 0 radical (unpaired) electrons. The van der Waals surface area contributed by atoms with E-state index in [2.05, 4.69) is 0 Å². The molecule has 0 bridgehead atoms. The SMILES string of the molecule is CN1C(=O)CN2C(=O)CCC2c2ccccc21. The van der Waals surface area contributed by atoms with E-state index in [0.717, 1.165) is 17.7 Å². The lowest BCUT2D eigenvalue weighted by molar-refractivity contribution is -0.133. The first-order valence-corrected chi connectivity index (χ1v) is 5.83. The fourth-order valence-electron chi connectivity index (χ4n) is 2.72. The number of fused-ring (bicyclic) bond motifs is 3. The second-order valence-electron chi connectivity index (χ2n) is 4.59. The lowest BCUT2D eigenvalue weighted by atomic mass is 10.0. The summed E-state index contributed by atoms with van der Waals surface area (Å²) in [7, 11) is 1.77. The van der Waals surface area contributed by atoms with E-state index in [1.165, 1.54) is 0 Å². The van der Waals surface area contributed by atoms with E-state index < -0.39 is 0 Å². The quantitative estimate of drug-likeness (QED) is 0.674. The molecule has 0 saturated carbocycles. The molecule has 1 fully saturated rings. The molecule has 17 heavy (non-hydrogen) atoms. The van der Waals surface area contributed by atoms with Gasteiger partial charge in [-0.25, -0.2) is 0 Å². The second-order valence-corrected chi connectivity index (χ2v) is 4.59. The zero-order chi connectivity index (χ0) is 12.0. The molecule has 1 unspecified atom stereocenters. The van der Waals surface area contributed by atoms with Crippen molar-refractivity contribution in [1.82, 2.24) is 4.90 Å². The van der Waals surface area contributed by atoms with Crippen LogP contribution in [0.2, 0.25) is 0 Å². The molecule has 1 aromatic carbocycles. The van der Waals surface area contributed by atoms with E-state index in [1.807, 2.05) is 24.3 Å². The van der Waals surface area contributed by atoms with Gasteiger partial charge in [-0.1, -0.05) is 18.2 Å². The van der Waals surface area contributed by atoms with Crippen molar-refractivity contribution in [2.24, 2.45) is 0 Å². The molecule has 2 aliphatic heterocycles. The molecule has 2 amide bonds. The molecular weight excluding hydrogens is 216 g/mol. The van der Waals surface area contributed by atoms with Crippen LogP contribution in [-0.4, -0.2) is 30.3 Å². The van der Waals surface area contributed by atoms with Crippen molar-refractivity contribution in [3.63, 3.8) is 0 Å². The van der Waals surface area contributed by atoms with E-state index in [-0.39, 0.29) is 24.4 Å². The lowest BCUT2D eigenvalue weighted by Crippen LogP contribution is -2.36. The fraction of sp³-hybridized carbons (Fsp3) is 0.385. The molecule has 3 rings (SSSR count). The largest absolute Gasteiger partial charge is 0.326 e. The summed E-state index contributed by atoms with van der Waals surface area (Å²) in [4.78, 5) is 27.1. The predicted molar refractivity (Wildman–Crippen MR) is 63.5 cm³/mol. The van der Waals surface area contributed by atoms with E-state index >= 15 is 0 Å². The van der Waals surface area contributed by atoms with Crippen molar-refractivity contribution >= 4 is 17.5 Å². The van der Waals surface area contributed by atoms with E-state index in [9.17, 15) is 9.59 Å². The molecular formula is C13H14N2O2. The molecule has 1 aromatic rings. The van der Waals surface area contributed by atoms with Crippen molar-refractivity contribution in [3.8, 4) is 0 Å². The maximum absolute atomic E-state index is 12.0. The molecule has 1 saturated heterocycles. The first-order chi connectivity index (χ1) is 8.18. The Morgan fingerprint density at radius 1 is 1.18 bits per heavy atom. The number of carbonyl (C=O) groups is 2. The number of rotatable bonds is 0. The third kappa shape index (κ3) is 1.44. The molecule has 1 atom stereocenters. The number of nitrogens with zero attached hydrogens (tertiary/aromatic N) is 2. The number of hydrogen-bond acceptors (Lipinski definition) is 2. The van der Waals surface area contributed by atoms with Gasteiger partial charge in [-0.15, -0.1) is 0 Å². The highest BCUT2D eigenvalue weighted by Crippen LogP contribution is 2.39. The van der Waals surface area contributed by atoms with Crippen molar-refractivity contribution in [3.05, 3.63) is 29.8 Å². The Labute approximate surface area is 99.8 Å². The third-order valence-corrected chi connectivity index (χ3v) is 3.67. The van der Waals surface area contributed by atoms with Gasteiger partial charge in [-0.05, 0) is 18.1 Å². The summed E-state index contributed by atoms with van der Waals surface area (Å²) in [5.41, 5.74) is 2.02. The molecule has 0 spiro atoms. The monoisotopic (exact) mass is 230 g/mol. The second kappa shape index (κ2) is 3.58. The zero-order valence-electron chi connectivity index (χ0n) is 9.72. The standard InChI is InChI=1S/C13H14N2O2/c1-14-10-5-3-2-4-9(10)11-6-7-12(16)15(11)8-13(14)17/h2-5,11H,6-8H2,1H3. The van der Waals surface area contributed by atoms with E-state index in [1.54, 1.807) is 16.8 Å². The molecule has 88 valence electrons. The van der Waals surface area contributed by atoms with Crippen LogP contribution in [0.5, 0.6) is 0 Å². The number of benzene rings is 1. The molecule has 4 heteroatoms. The van der Waals surface area contributed by atoms with Gasteiger partial charge in [0.1, 0.15) is 6.54 Å². The Bertz CT molecular complexity index is 498. The number of amides is 2. The highest BCUT2D eigenvalue weighted by molar-refractivity contribution is 5.98. The maximum Gasteiger partial charge on any atom is 0.246 e. The number of likely N-dealkylation sites (N-methyl/N-ethyl adjacent to an activating group) is 1. The number of para-hydroxylation sites is 1. The van der Waals surface area contributed by atoms with Crippen molar-refractivity contribution < 1.29 is 9.59 Å². The number of hydrogen-bond donors (Lipinski definition) is 0. The summed E-state index contributed by atoms with van der Waals surface area (Å²) < 4.78 is 0. The van der Waals surface area contributed by atoms with Crippen LogP contribution in [0.3, 0.4) is 0 Å². The lowest BCUT2D eigenvalue weighted by Gasteiger charge is -2.21. The number of anilines is 1. The zero-order valence-corrected chi connectivity index (χ0v) is 9.72. The third-order valence-electron chi connectivity index (χ3n) is 3.67. The van der Waals surface area contributed by atoms with Gasteiger partial charge in [-0.2, -0.15) is 0 Å². The van der Waals surface area contributed by atoms with Gasteiger partial charge in [0.25, 0.3) is 0 Å². The predicted octanol–water partition coefficient (Wildman–Crippen LogP) is 1.33. The van der Waals surface area contributed by atoms with Crippen LogP contribution in [-0.2, 0) is 9.59 Å². The molecule has 4 nitrogen and oxygen atoms in total. The van der Waals surface area contributed by atoms with Gasteiger partial charge >= 0.3 is 0 Å². The van der Waals surface area contributed by atoms with Crippen molar-refractivity contribution in [2.75, 3.05) is 18.5 Å². The summed E-state index contributed by atoms with van der Waals surface area (Å²) in [6.07, 6.45) is 1.37. The van der Waals surface area contributed by atoms with Crippen LogP contribution in [0.15, 0.2) is 24.3 Å². The molecule has 2 aliphatic rings. The van der Waals surface area contributed by atoms with Gasteiger partial charge in [0.2, 0.25) is 11.8 Å². The Kier molecular flexibility index (Phi) is 2.18. The average molecular weight is 230 g/mol. The highest BCUT2D eigenvalue weighted by atomic mass is 16.2. The maximum atomic E-state index is 12.0. The van der Waals surface area contributed by atoms with Gasteiger partial charge in [-0.3, -0.25) is 9.59 Å². The first-order valence-electron chi connectivity index (χ1n) is 5.83. The van der Waals surface area contributed by atoms with E-state index in [4.69, 9.17) is 0 Å². The van der Waals surface area contributed by atoms with Crippen molar-refractivity contribution in [2.45, 2.75) is 18.9 Å². The van der Waals surface area contributed by atoms with Crippen LogP contribution in [0.4, 0.5) is 5.69 Å².